The normalized spacial score (nSPS) is 14.8. The lowest BCUT2D eigenvalue weighted by Gasteiger charge is -2.20. The summed E-state index contributed by atoms with van der Waals surface area (Å²) in [5, 5.41) is 25.4. The highest BCUT2D eigenvalue weighted by atomic mass is 35.5. The molecule has 3 amide bonds. The van der Waals surface area contributed by atoms with Crippen LogP contribution in [0.5, 0.6) is 5.75 Å². The van der Waals surface area contributed by atoms with Gasteiger partial charge in [0.25, 0.3) is 0 Å². The molecular formula is C31H41ClN6O8S2. The van der Waals surface area contributed by atoms with Gasteiger partial charge in [-0.2, -0.15) is 0 Å². The highest BCUT2D eigenvalue weighted by molar-refractivity contribution is 8.76. The molecule has 3 atom stereocenters. The molecule has 0 aliphatic heterocycles. The van der Waals surface area contributed by atoms with Crippen LogP contribution >= 0.6 is 33.2 Å². The Morgan fingerprint density at radius 3 is 2.48 bits per heavy atom. The number of carboxylic acid groups (broad SMARTS) is 2. The number of nitrogens with two attached hydrogens (primary N) is 2. The molecule has 2 aromatic rings. The van der Waals surface area contributed by atoms with Gasteiger partial charge in [-0.05, 0) is 54.2 Å². The maximum Gasteiger partial charge on any atom is 0.415 e. The summed E-state index contributed by atoms with van der Waals surface area (Å²) in [5.41, 5.74) is 12.8. The van der Waals surface area contributed by atoms with Crippen molar-refractivity contribution in [1.29, 1.82) is 0 Å². The first-order valence-corrected chi connectivity index (χ1v) is 18.3. The molecule has 17 heteroatoms. The van der Waals surface area contributed by atoms with Gasteiger partial charge in [0.2, 0.25) is 11.8 Å². The SMILES string of the molecule is CN(CCSSC[C@H](NC(=O)[C@H](CC(=O)O)NC(=O)CCCCN=C(N)N)C(=O)O)C(=O)Oc1cc2c(c3ccccc13)[C@H](CCl)CC2. The highest BCUT2D eigenvalue weighted by Gasteiger charge is 2.29. The third kappa shape index (κ3) is 11.7. The molecule has 0 fully saturated rings. The van der Waals surface area contributed by atoms with Crippen molar-refractivity contribution in [3.05, 3.63) is 41.5 Å². The summed E-state index contributed by atoms with van der Waals surface area (Å²) < 4.78 is 5.80. The van der Waals surface area contributed by atoms with E-state index in [4.69, 9.17) is 27.8 Å². The molecule has 0 heterocycles. The molecule has 0 bridgehead atoms. The summed E-state index contributed by atoms with van der Waals surface area (Å²) in [6, 6.07) is 6.89. The molecule has 1 aliphatic rings. The molecule has 0 aromatic heterocycles. The van der Waals surface area contributed by atoms with E-state index in [1.54, 1.807) is 7.05 Å². The first-order chi connectivity index (χ1) is 22.9. The van der Waals surface area contributed by atoms with E-state index in [0.29, 0.717) is 43.3 Å². The Hall–Kier alpha value is -3.89. The van der Waals surface area contributed by atoms with E-state index in [2.05, 4.69) is 15.6 Å². The zero-order valence-corrected chi connectivity index (χ0v) is 28.9. The number of guanidine groups is 1. The number of carboxylic acids is 2. The van der Waals surface area contributed by atoms with Crippen molar-refractivity contribution in [3.63, 3.8) is 0 Å². The minimum Gasteiger partial charge on any atom is -0.481 e. The Morgan fingerprint density at radius 1 is 1.08 bits per heavy atom. The number of hydrogen-bond donors (Lipinski definition) is 6. The molecule has 48 heavy (non-hydrogen) atoms. The molecular weight excluding hydrogens is 684 g/mol. The van der Waals surface area contributed by atoms with Crippen LogP contribution < -0.4 is 26.8 Å². The summed E-state index contributed by atoms with van der Waals surface area (Å²) in [6.45, 7) is 0.615. The smallest absolute Gasteiger partial charge is 0.415 e. The molecule has 262 valence electrons. The first kappa shape index (κ1) is 38.6. The summed E-state index contributed by atoms with van der Waals surface area (Å²) in [7, 11) is 4.06. The van der Waals surface area contributed by atoms with Crippen LogP contribution in [0.4, 0.5) is 4.79 Å². The second-order valence-corrected chi connectivity index (χ2v) is 14.1. The Morgan fingerprint density at radius 2 is 1.81 bits per heavy atom. The van der Waals surface area contributed by atoms with Crippen molar-refractivity contribution in [2.75, 3.05) is 37.5 Å². The minimum absolute atomic E-state index is 0.000867. The lowest BCUT2D eigenvalue weighted by Crippen LogP contribution is -2.53. The van der Waals surface area contributed by atoms with Crippen molar-refractivity contribution in [3.8, 4) is 5.75 Å². The molecule has 8 N–H and O–H groups in total. The van der Waals surface area contributed by atoms with Crippen LogP contribution in [0.3, 0.4) is 0 Å². The van der Waals surface area contributed by atoms with Crippen LogP contribution in [0, 0.1) is 0 Å². The number of aryl methyl sites for hydroxylation is 1. The summed E-state index contributed by atoms with van der Waals surface area (Å²) in [4.78, 5) is 66.4. The predicted octanol–water partition coefficient (Wildman–Crippen LogP) is 2.89. The standard InChI is InChI=1S/C31H41ClN6O8S2/c1-38(31(45)46-24-14-18-9-10-19(16-32)27(18)21-7-3-2-6-20(21)24)12-13-47-48-17-23(29(43)44)37-28(42)22(15-26(40)41)36-25(39)8-4-5-11-35-30(33)34/h2-3,6-7,14,19,22-23H,4-5,8-13,15-17H2,1H3,(H,36,39)(H,37,42)(H,40,41)(H,43,44)(H4,33,34,35)/t19-,22-,23-/m0/s1. The number of ether oxygens (including phenoxy) is 1. The minimum atomic E-state index is -1.46. The molecule has 0 spiro atoms. The fourth-order valence-electron chi connectivity index (χ4n) is 5.14. The monoisotopic (exact) mass is 724 g/mol. The number of hydrogen-bond acceptors (Lipinski definition) is 9. The van der Waals surface area contributed by atoms with Gasteiger partial charge in [0.05, 0.1) is 6.42 Å². The number of benzene rings is 2. The van der Waals surface area contributed by atoms with E-state index >= 15 is 0 Å². The van der Waals surface area contributed by atoms with E-state index in [-0.39, 0.29) is 24.1 Å². The molecule has 3 rings (SSSR count). The average Bonchev–Trinajstić information content (AvgIpc) is 3.46. The Kier molecular flexibility index (Phi) is 15.4. The second kappa shape index (κ2) is 19.2. The van der Waals surface area contributed by atoms with Crippen LogP contribution in [-0.2, 0) is 25.6 Å². The van der Waals surface area contributed by atoms with Crippen molar-refractivity contribution < 1.29 is 38.9 Å². The largest absolute Gasteiger partial charge is 0.481 e. The number of alkyl halides is 1. The van der Waals surface area contributed by atoms with Gasteiger partial charge in [0, 0.05) is 49.3 Å². The van der Waals surface area contributed by atoms with Gasteiger partial charge >= 0.3 is 18.0 Å². The number of unbranched alkanes of at least 4 members (excludes halogenated alkanes) is 1. The molecule has 0 saturated carbocycles. The fraction of sp³-hybridized carbons (Fsp3) is 0.484. The molecule has 0 saturated heterocycles. The zero-order valence-electron chi connectivity index (χ0n) is 26.5. The number of aliphatic carboxylic acids is 2. The average molecular weight is 725 g/mol. The quantitative estimate of drug-likeness (QED) is 0.0404. The van der Waals surface area contributed by atoms with Crippen LogP contribution in [0.1, 0.15) is 49.1 Å². The van der Waals surface area contributed by atoms with E-state index in [1.165, 1.54) is 21.3 Å². The van der Waals surface area contributed by atoms with E-state index < -0.39 is 48.4 Å². The third-order valence-corrected chi connectivity index (χ3v) is 10.3. The maximum atomic E-state index is 12.9. The topological polar surface area (TPSA) is 227 Å². The molecule has 0 radical (unpaired) electrons. The number of rotatable bonds is 19. The number of aliphatic imine (C=N–C) groups is 1. The summed E-state index contributed by atoms with van der Waals surface area (Å²) in [5.74, 6) is -2.57. The number of amides is 3. The van der Waals surface area contributed by atoms with Crippen LogP contribution in [0.2, 0.25) is 0 Å². The summed E-state index contributed by atoms with van der Waals surface area (Å²) >= 11 is 6.22. The number of nitrogens with zero attached hydrogens (tertiary/aromatic N) is 2. The fourth-order valence-corrected chi connectivity index (χ4v) is 7.64. The van der Waals surface area contributed by atoms with Crippen LogP contribution in [0.15, 0.2) is 35.3 Å². The Bertz CT molecular complexity index is 1510. The predicted molar refractivity (Wildman–Crippen MR) is 188 cm³/mol. The number of carbonyl (C=O) groups excluding carboxylic acids is 3. The van der Waals surface area contributed by atoms with Gasteiger partial charge in [-0.1, -0.05) is 45.9 Å². The highest BCUT2D eigenvalue weighted by Crippen LogP contribution is 2.42. The molecule has 0 unspecified atom stereocenters. The lowest BCUT2D eigenvalue weighted by atomic mass is 9.95. The van der Waals surface area contributed by atoms with Gasteiger partial charge in [-0.3, -0.25) is 19.4 Å². The van der Waals surface area contributed by atoms with Crippen molar-refractivity contribution >= 4 is 79.8 Å². The first-order valence-electron chi connectivity index (χ1n) is 15.3. The molecule has 1 aliphatic carbocycles. The summed E-state index contributed by atoms with van der Waals surface area (Å²) in [6.07, 6.45) is 1.44. The van der Waals surface area contributed by atoms with Crippen LogP contribution in [-0.4, -0.2) is 101 Å². The number of halogens is 1. The van der Waals surface area contributed by atoms with Crippen LogP contribution in [0.25, 0.3) is 10.8 Å². The van der Waals surface area contributed by atoms with E-state index in [9.17, 15) is 34.2 Å². The van der Waals surface area contributed by atoms with E-state index in [1.807, 2.05) is 30.3 Å². The molecule has 2 aromatic carbocycles. The van der Waals surface area contributed by atoms with Crippen molar-refractivity contribution in [2.24, 2.45) is 16.5 Å². The molecule has 14 nitrogen and oxygen atoms in total. The van der Waals surface area contributed by atoms with E-state index in [0.717, 1.165) is 40.0 Å². The number of carbonyl (C=O) groups is 5. The lowest BCUT2D eigenvalue weighted by molar-refractivity contribution is -0.142. The van der Waals surface area contributed by atoms with Gasteiger partial charge in [0.15, 0.2) is 5.96 Å². The van der Waals surface area contributed by atoms with Crippen molar-refractivity contribution in [2.45, 2.75) is 56.5 Å². The van der Waals surface area contributed by atoms with Gasteiger partial charge in [-0.15, -0.1) is 11.6 Å². The zero-order chi connectivity index (χ0) is 35.2. The Labute approximate surface area is 291 Å². The second-order valence-electron chi connectivity index (χ2n) is 11.2. The van der Waals surface area contributed by atoms with Gasteiger partial charge in [-0.25, -0.2) is 9.59 Å². The Balaban J connectivity index is 1.46. The number of fused-ring (bicyclic) bond motifs is 3. The van der Waals surface area contributed by atoms with Crippen molar-refractivity contribution in [1.82, 2.24) is 15.5 Å². The maximum absolute atomic E-state index is 12.9. The van der Waals surface area contributed by atoms with Gasteiger partial charge < -0.3 is 42.0 Å². The third-order valence-electron chi connectivity index (χ3n) is 7.58. The van der Waals surface area contributed by atoms with Gasteiger partial charge in [0.1, 0.15) is 17.8 Å². The number of nitrogens with one attached hydrogen (secondary N) is 2.